The molecule has 2 aromatic heterocycles. The van der Waals surface area contributed by atoms with Crippen molar-refractivity contribution in [2.75, 3.05) is 7.11 Å². The SMILES string of the molecule is COC(c1ccc(Cc2cccc(Cl)c2)s1)c1cncnc1Cl. The van der Waals surface area contributed by atoms with Crippen LogP contribution in [-0.4, -0.2) is 17.1 Å². The maximum absolute atomic E-state index is 6.16. The number of aromatic nitrogens is 2. The Morgan fingerprint density at radius 1 is 1.22 bits per heavy atom. The van der Waals surface area contributed by atoms with Crippen LogP contribution in [0.3, 0.4) is 0 Å². The first kappa shape index (κ1) is 16.4. The summed E-state index contributed by atoms with van der Waals surface area (Å²) < 4.78 is 5.61. The van der Waals surface area contributed by atoms with E-state index in [9.17, 15) is 0 Å². The number of hydrogen-bond acceptors (Lipinski definition) is 4. The van der Waals surface area contributed by atoms with E-state index in [1.165, 1.54) is 16.8 Å². The summed E-state index contributed by atoms with van der Waals surface area (Å²) in [6, 6.07) is 12.1. The topological polar surface area (TPSA) is 35.0 Å². The molecule has 1 unspecified atom stereocenters. The molecule has 0 aliphatic rings. The lowest BCUT2D eigenvalue weighted by Gasteiger charge is -2.14. The fourth-order valence-corrected chi connectivity index (χ4v) is 3.92. The van der Waals surface area contributed by atoms with Gasteiger partial charge in [0.05, 0.1) is 0 Å². The Morgan fingerprint density at radius 2 is 2.09 bits per heavy atom. The Hall–Kier alpha value is -1.46. The van der Waals surface area contributed by atoms with Crippen LogP contribution in [0.15, 0.2) is 48.9 Å². The smallest absolute Gasteiger partial charge is 0.138 e. The molecule has 0 saturated carbocycles. The van der Waals surface area contributed by atoms with Crippen molar-refractivity contribution in [3.05, 3.63) is 80.0 Å². The molecule has 0 saturated heterocycles. The van der Waals surface area contributed by atoms with Crippen molar-refractivity contribution >= 4 is 34.5 Å². The summed E-state index contributed by atoms with van der Waals surface area (Å²) in [7, 11) is 1.66. The lowest BCUT2D eigenvalue weighted by atomic mass is 10.1. The fourth-order valence-electron chi connectivity index (χ4n) is 2.38. The van der Waals surface area contributed by atoms with E-state index in [1.807, 2.05) is 18.2 Å². The van der Waals surface area contributed by atoms with Crippen LogP contribution in [0, 0.1) is 0 Å². The molecule has 0 aliphatic carbocycles. The molecule has 3 rings (SSSR count). The summed E-state index contributed by atoms with van der Waals surface area (Å²) in [6.07, 6.45) is 3.69. The van der Waals surface area contributed by atoms with E-state index >= 15 is 0 Å². The van der Waals surface area contributed by atoms with Gasteiger partial charge in [0.25, 0.3) is 0 Å². The van der Waals surface area contributed by atoms with Gasteiger partial charge in [-0.05, 0) is 29.8 Å². The van der Waals surface area contributed by atoms with E-state index in [2.05, 4.69) is 28.2 Å². The second-order valence-electron chi connectivity index (χ2n) is 5.00. The van der Waals surface area contributed by atoms with Gasteiger partial charge in [-0.1, -0.05) is 35.3 Å². The molecular formula is C17H14Cl2N2OS. The van der Waals surface area contributed by atoms with Gasteiger partial charge in [0.15, 0.2) is 0 Å². The van der Waals surface area contributed by atoms with E-state index in [-0.39, 0.29) is 6.10 Å². The molecular weight excluding hydrogens is 351 g/mol. The van der Waals surface area contributed by atoms with Gasteiger partial charge in [-0.15, -0.1) is 11.3 Å². The van der Waals surface area contributed by atoms with Gasteiger partial charge in [-0.25, -0.2) is 9.97 Å². The molecule has 0 spiro atoms. The highest BCUT2D eigenvalue weighted by molar-refractivity contribution is 7.12. The van der Waals surface area contributed by atoms with E-state index in [0.29, 0.717) is 5.15 Å². The maximum Gasteiger partial charge on any atom is 0.138 e. The van der Waals surface area contributed by atoms with Crippen molar-refractivity contribution in [1.82, 2.24) is 9.97 Å². The zero-order chi connectivity index (χ0) is 16.2. The second kappa shape index (κ2) is 7.41. The normalized spacial score (nSPS) is 12.3. The zero-order valence-electron chi connectivity index (χ0n) is 12.4. The summed E-state index contributed by atoms with van der Waals surface area (Å²) in [5, 5.41) is 1.17. The first-order valence-electron chi connectivity index (χ1n) is 6.98. The zero-order valence-corrected chi connectivity index (χ0v) is 14.7. The van der Waals surface area contributed by atoms with Gasteiger partial charge in [-0.2, -0.15) is 0 Å². The average molecular weight is 365 g/mol. The molecule has 0 radical (unpaired) electrons. The summed E-state index contributed by atoms with van der Waals surface area (Å²) in [5.41, 5.74) is 1.95. The van der Waals surface area contributed by atoms with E-state index in [0.717, 1.165) is 21.9 Å². The average Bonchev–Trinajstić information content (AvgIpc) is 2.98. The Bertz CT molecular complexity index is 807. The summed E-state index contributed by atoms with van der Waals surface area (Å²) in [6.45, 7) is 0. The van der Waals surface area contributed by atoms with Crippen LogP contribution in [0.2, 0.25) is 10.2 Å². The minimum atomic E-state index is -0.262. The van der Waals surface area contributed by atoms with Crippen LogP contribution < -0.4 is 0 Å². The van der Waals surface area contributed by atoms with Gasteiger partial charge >= 0.3 is 0 Å². The molecule has 1 atom stereocenters. The molecule has 1 aromatic carbocycles. The van der Waals surface area contributed by atoms with Crippen molar-refractivity contribution < 1.29 is 4.74 Å². The molecule has 0 fully saturated rings. The molecule has 3 nitrogen and oxygen atoms in total. The third-order valence-corrected chi connectivity index (χ3v) is 5.10. The molecule has 3 aromatic rings. The molecule has 0 N–H and O–H groups in total. The van der Waals surface area contributed by atoms with Gasteiger partial charge in [0.1, 0.15) is 17.6 Å². The number of hydrogen-bond donors (Lipinski definition) is 0. The molecule has 2 heterocycles. The highest BCUT2D eigenvalue weighted by atomic mass is 35.5. The predicted molar refractivity (Wildman–Crippen MR) is 94.5 cm³/mol. The van der Waals surface area contributed by atoms with Crippen LogP contribution >= 0.6 is 34.5 Å². The van der Waals surface area contributed by atoms with Crippen molar-refractivity contribution in [2.45, 2.75) is 12.5 Å². The lowest BCUT2D eigenvalue weighted by molar-refractivity contribution is 0.139. The number of halogens is 2. The molecule has 0 bridgehead atoms. The van der Waals surface area contributed by atoms with Crippen molar-refractivity contribution in [1.29, 1.82) is 0 Å². The number of ether oxygens (including phenoxy) is 1. The van der Waals surface area contributed by atoms with Gasteiger partial charge in [-0.3, -0.25) is 0 Å². The predicted octanol–water partition coefficient (Wildman–Crippen LogP) is 5.17. The molecule has 118 valence electrons. The summed E-state index contributed by atoms with van der Waals surface area (Å²) >= 11 is 13.9. The molecule has 23 heavy (non-hydrogen) atoms. The van der Waals surface area contributed by atoms with Crippen LogP contribution in [0.4, 0.5) is 0 Å². The molecule has 6 heteroatoms. The summed E-state index contributed by atoms with van der Waals surface area (Å²) in [4.78, 5) is 10.4. The van der Waals surface area contributed by atoms with E-state index < -0.39 is 0 Å². The van der Waals surface area contributed by atoms with Gasteiger partial charge in [0, 0.05) is 40.1 Å². The number of thiophene rings is 1. The third kappa shape index (κ3) is 3.90. The number of methoxy groups -OCH3 is 1. The van der Waals surface area contributed by atoms with Gasteiger partial charge < -0.3 is 4.74 Å². The highest BCUT2D eigenvalue weighted by Crippen LogP contribution is 2.34. The molecule has 0 aliphatic heterocycles. The quantitative estimate of drug-likeness (QED) is 0.585. The fraction of sp³-hybridized carbons (Fsp3) is 0.176. The minimum Gasteiger partial charge on any atom is -0.371 e. The Balaban J connectivity index is 1.84. The monoisotopic (exact) mass is 364 g/mol. The Labute approximate surface area is 148 Å². The minimum absolute atomic E-state index is 0.262. The van der Waals surface area contributed by atoms with Crippen LogP contribution in [-0.2, 0) is 11.2 Å². The second-order valence-corrected chi connectivity index (χ2v) is 6.99. The van der Waals surface area contributed by atoms with Crippen molar-refractivity contribution in [3.63, 3.8) is 0 Å². The highest BCUT2D eigenvalue weighted by Gasteiger charge is 2.19. The lowest BCUT2D eigenvalue weighted by Crippen LogP contribution is -2.03. The van der Waals surface area contributed by atoms with E-state index in [1.54, 1.807) is 24.6 Å². The third-order valence-electron chi connectivity index (χ3n) is 3.42. The number of benzene rings is 1. The number of nitrogens with zero attached hydrogens (tertiary/aromatic N) is 2. The van der Waals surface area contributed by atoms with Gasteiger partial charge in [0.2, 0.25) is 0 Å². The standard InChI is InChI=1S/C17H14Cl2N2OS/c1-22-16(14-9-20-10-21-17(14)19)15-6-5-13(23-15)8-11-3-2-4-12(18)7-11/h2-7,9-10,16H,8H2,1H3. The number of rotatable bonds is 5. The van der Waals surface area contributed by atoms with Crippen LogP contribution in [0.25, 0.3) is 0 Å². The van der Waals surface area contributed by atoms with Crippen molar-refractivity contribution in [3.8, 4) is 0 Å². The first-order chi connectivity index (χ1) is 11.2. The first-order valence-corrected chi connectivity index (χ1v) is 8.56. The van der Waals surface area contributed by atoms with Crippen LogP contribution in [0.1, 0.15) is 27.0 Å². The molecule has 0 amide bonds. The Kier molecular flexibility index (Phi) is 5.28. The van der Waals surface area contributed by atoms with E-state index in [4.69, 9.17) is 27.9 Å². The summed E-state index contributed by atoms with van der Waals surface area (Å²) in [5.74, 6) is 0. The van der Waals surface area contributed by atoms with Crippen molar-refractivity contribution in [2.24, 2.45) is 0 Å². The van der Waals surface area contributed by atoms with Crippen LogP contribution in [0.5, 0.6) is 0 Å². The maximum atomic E-state index is 6.16. The Morgan fingerprint density at radius 3 is 2.83 bits per heavy atom. The largest absolute Gasteiger partial charge is 0.371 e.